The predicted molar refractivity (Wildman–Crippen MR) is 87.4 cm³/mol. The number of carbonyl (C=O) groups is 1. The van der Waals surface area contributed by atoms with E-state index in [9.17, 15) is 4.79 Å². The molecule has 3 N–H and O–H groups in total. The maximum Gasteiger partial charge on any atom is 0.273 e. The van der Waals surface area contributed by atoms with Gasteiger partial charge >= 0.3 is 0 Å². The Morgan fingerprint density at radius 2 is 2.22 bits per heavy atom. The van der Waals surface area contributed by atoms with Crippen LogP contribution in [-0.2, 0) is 0 Å². The quantitative estimate of drug-likeness (QED) is 0.690. The van der Waals surface area contributed by atoms with Gasteiger partial charge in [0, 0.05) is 29.7 Å². The zero-order valence-corrected chi connectivity index (χ0v) is 12.9. The molecule has 0 saturated carbocycles. The second-order valence-corrected chi connectivity index (χ2v) is 5.21. The van der Waals surface area contributed by atoms with Crippen LogP contribution in [0.2, 0.25) is 0 Å². The van der Waals surface area contributed by atoms with Gasteiger partial charge in [-0.05, 0) is 32.0 Å². The maximum absolute atomic E-state index is 12.2. The Morgan fingerprint density at radius 1 is 1.35 bits per heavy atom. The highest BCUT2D eigenvalue weighted by Crippen LogP contribution is 2.22. The topological polar surface area (TPSA) is 98.7 Å². The minimum Gasteiger partial charge on any atom is -0.351 e. The standard InChI is InChI=1S/C16H18N6O/c1-11-15(16(23)19-8-3-7-17)20-21-22(11)14-5-2-4-12-10-18-9-6-13(12)14/h2,4-6,9-10H,3,7-8,17H2,1H3,(H,19,23). The first-order valence-electron chi connectivity index (χ1n) is 7.46. The maximum atomic E-state index is 12.2. The summed E-state index contributed by atoms with van der Waals surface area (Å²) in [6.07, 6.45) is 4.26. The molecule has 7 nitrogen and oxygen atoms in total. The van der Waals surface area contributed by atoms with E-state index in [1.807, 2.05) is 31.2 Å². The average molecular weight is 310 g/mol. The lowest BCUT2D eigenvalue weighted by Crippen LogP contribution is -2.27. The number of pyridine rings is 1. The molecule has 2 aromatic heterocycles. The van der Waals surface area contributed by atoms with Crippen LogP contribution in [0.3, 0.4) is 0 Å². The molecule has 2 heterocycles. The fraction of sp³-hybridized carbons (Fsp3) is 0.250. The van der Waals surface area contributed by atoms with E-state index in [0.717, 1.165) is 22.9 Å². The molecule has 0 bridgehead atoms. The first kappa shape index (κ1) is 15.1. The fourth-order valence-electron chi connectivity index (χ4n) is 2.45. The van der Waals surface area contributed by atoms with E-state index in [1.165, 1.54) is 0 Å². The van der Waals surface area contributed by atoms with Crippen molar-refractivity contribution in [3.63, 3.8) is 0 Å². The van der Waals surface area contributed by atoms with Crippen LogP contribution in [0.5, 0.6) is 0 Å². The van der Waals surface area contributed by atoms with Crippen LogP contribution in [0, 0.1) is 6.92 Å². The summed E-state index contributed by atoms with van der Waals surface area (Å²) >= 11 is 0. The number of benzene rings is 1. The van der Waals surface area contributed by atoms with E-state index >= 15 is 0 Å². The van der Waals surface area contributed by atoms with Gasteiger partial charge in [0.25, 0.3) is 5.91 Å². The van der Waals surface area contributed by atoms with Gasteiger partial charge in [0.2, 0.25) is 0 Å². The summed E-state index contributed by atoms with van der Waals surface area (Å²) in [4.78, 5) is 16.3. The molecule has 0 spiro atoms. The monoisotopic (exact) mass is 310 g/mol. The first-order valence-corrected chi connectivity index (χ1v) is 7.46. The number of nitrogens with one attached hydrogen (secondary N) is 1. The second-order valence-electron chi connectivity index (χ2n) is 5.21. The molecule has 0 aliphatic carbocycles. The van der Waals surface area contributed by atoms with Gasteiger partial charge < -0.3 is 11.1 Å². The lowest BCUT2D eigenvalue weighted by Gasteiger charge is -2.07. The molecule has 0 atom stereocenters. The van der Waals surface area contributed by atoms with Crippen LogP contribution in [0.1, 0.15) is 22.6 Å². The molecule has 0 aliphatic heterocycles. The highest BCUT2D eigenvalue weighted by Gasteiger charge is 2.17. The number of carbonyl (C=O) groups excluding carboxylic acids is 1. The number of fused-ring (bicyclic) bond motifs is 1. The first-order chi connectivity index (χ1) is 11.2. The summed E-state index contributed by atoms with van der Waals surface area (Å²) in [7, 11) is 0. The van der Waals surface area contributed by atoms with E-state index in [4.69, 9.17) is 5.73 Å². The second kappa shape index (κ2) is 6.53. The zero-order chi connectivity index (χ0) is 16.2. The number of amides is 1. The average Bonchev–Trinajstić information content (AvgIpc) is 2.96. The van der Waals surface area contributed by atoms with Gasteiger partial charge in [-0.2, -0.15) is 0 Å². The van der Waals surface area contributed by atoms with Crippen LogP contribution in [-0.4, -0.2) is 39.0 Å². The fourth-order valence-corrected chi connectivity index (χ4v) is 2.45. The number of hydrogen-bond donors (Lipinski definition) is 2. The van der Waals surface area contributed by atoms with Gasteiger partial charge in [0.1, 0.15) is 0 Å². The van der Waals surface area contributed by atoms with Gasteiger partial charge in [0.05, 0.1) is 11.4 Å². The van der Waals surface area contributed by atoms with E-state index in [1.54, 1.807) is 17.1 Å². The van der Waals surface area contributed by atoms with Crippen LogP contribution >= 0.6 is 0 Å². The third-order valence-corrected chi connectivity index (χ3v) is 3.66. The van der Waals surface area contributed by atoms with E-state index < -0.39 is 0 Å². The molecule has 118 valence electrons. The minimum atomic E-state index is -0.232. The summed E-state index contributed by atoms with van der Waals surface area (Å²) in [5, 5.41) is 13.0. The Kier molecular flexibility index (Phi) is 4.29. The minimum absolute atomic E-state index is 0.232. The molecule has 0 fully saturated rings. The number of nitrogens with two attached hydrogens (primary N) is 1. The molecular weight excluding hydrogens is 292 g/mol. The molecule has 23 heavy (non-hydrogen) atoms. The van der Waals surface area contributed by atoms with Gasteiger partial charge in [-0.15, -0.1) is 5.10 Å². The summed E-state index contributed by atoms with van der Waals surface area (Å²) in [6, 6.07) is 7.78. The SMILES string of the molecule is Cc1c(C(=O)NCCCN)nnn1-c1cccc2cnccc12. The van der Waals surface area contributed by atoms with Crippen molar-refractivity contribution >= 4 is 16.7 Å². The van der Waals surface area contributed by atoms with Gasteiger partial charge in [-0.3, -0.25) is 9.78 Å². The van der Waals surface area contributed by atoms with Crippen molar-refractivity contribution in [2.75, 3.05) is 13.1 Å². The Balaban J connectivity index is 1.97. The van der Waals surface area contributed by atoms with Crippen molar-refractivity contribution in [3.8, 4) is 5.69 Å². The highest BCUT2D eigenvalue weighted by atomic mass is 16.2. The van der Waals surface area contributed by atoms with Crippen molar-refractivity contribution < 1.29 is 4.79 Å². The van der Waals surface area contributed by atoms with Crippen LogP contribution in [0.15, 0.2) is 36.7 Å². The number of aromatic nitrogens is 4. The molecule has 1 aromatic carbocycles. The smallest absolute Gasteiger partial charge is 0.273 e. The highest BCUT2D eigenvalue weighted by molar-refractivity contribution is 5.94. The van der Waals surface area contributed by atoms with Crippen molar-refractivity contribution in [2.24, 2.45) is 5.73 Å². The molecular formula is C16H18N6O. The normalized spacial score (nSPS) is 10.9. The molecule has 7 heteroatoms. The third-order valence-electron chi connectivity index (χ3n) is 3.66. The molecule has 0 saturated heterocycles. The van der Waals surface area contributed by atoms with E-state index in [-0.39, 0.29) is 5.91 Å². The lowest BCUT2D eigenvalue weighted by atomic mass is 10.1. The number of hydrogen-bond acceptors (Lipinski definition) is 5. The number of nitrogens with zero attached hydrogens (tertiary/aromatic N) is 4. The molecule has 3 aromatic rings. The van der Waals surface area contributed by atoms with Crippen molar-refractivity contribution in [1.82, 2.24) is 25.3 Å². The molecule has 0 aliphatic rings. The Bertz CT molecular complexity index is 836. The number of rotatable bonds is 5. The Labute approximate surface area is 133 Å². The predicted octanol–water partition coefficient (Wildman–Crippen LogP) is 1.20. The summed E-state index contributed by atoms with van der Waals surface area (Å²) in [5.74, 6) is -0.232. The van der Waals surface area contributed by atoms with E-state index in [2.05, 4.69) is 20.6 Å². The molecule has 0 radical (unpaired) electrons. The molecule has 0 unspecified atom stereocenters. The van der Waals surface area contributed by atoms with Crippen molar-refractivity contribution in [2.45, 2.75) is 13.3 Å². The summed E-state index contributed by atoms with van der Waals surface area (Å²) in [6.45, 7) is 2.90. The van der Waals surface area contributed by atoms with Crippen LogP contribution < -0.4 is 11.1 Å². The largest absolute Gasteiger partial charge is 0.351 e. The van der Waals surface area contributed by atoms with Crippen LogP contribution in [0.4, 0.5) is 0 Å². The lowest BCUT2D eigenvalue weighted by molar-refractivity contribution is 0.0948. The van der Waals surface area contributed by atoms with Gasteiger partial charge in [0.15, 0.2) is 5.69 Å². The zero-order valence-electron chi connectivity index (χ0n) is 12.9. The van der Waals surface area contributed by atoms with Crippen molar-refractivity contribution in [1.29, 1.82) is 0 Å². The van der Waals surface area contributed by atoms with E-state index in [0.29, 0.717) is 24.5 Å². The Hall–Kier alpha value is -2.80. The molecule has 3 rings (SSSR count). The van der Waals surface area contributed by atoms with Gasteiger partial charge in [-0.25, -0.2) is 4.68 Å². The summed E-state index contributed by atoms with van der Waals surface area (Å²) < 4.78 is 1.68. The van der Waals surface area contributed by atoms with Crippen molar-refractivity contribution in [3.05, 3.63) is 48.0 Å². The Morgan fingerprint density at radius 3 is 3.04 bits per heavy atom. The third kappa shape index (κ3) is 2.91. The molecule has 1 amide bonds. The van der Waals surface area contributed by atoms with Gasteiger partial charge in [-0.1, -0.05) is 17.3 Å². The van der Waals surface area contributed by atoms with Crippen LogP contribution in [0.25, 0.3) is 16.5 Å². The summed E-state index contributed by atoms with van der Waals surface area (Å²) in [5.41, 5.74) is 7.32.